The summed E-state index contributed by atoms with van der Waals surface area (Å²) in [5.41, 5.74) is -0.765. The van der Waals surface area contributed by atoms with Gasteiger partial charge in [0.25, 0.3) is 0 Å². The van der Waals surface area contributed by atoms with Crippen molar-refractivity contribution < 1.29 is 5.11 Å². The molecule has 0 radical (unpaired) electrons. The highest BCUT2D eigenvalue weighted by molar-refractivity contribution is 9.10. The molecule has 0 aromatic carbocycles. The Morgan fingerprint density at radius 3 is 2.69 bits per heavy atom. The molecule has 1 aromatic rings. The van der Waals surface area contributed by atoms with Gasteiger partial charge in [-0.15, -0.1) is 0 Å². The van der Waals surface area contributed by atoms with E-state index in [2.05, 4.69) is 31.2 Å². The van der Waals surface area contributed by atoms with Gasteiger partial charge in [0.2, 0.25) is 5.95 Å². The van der Waals surface area contributed by atoms with E-state index in [1.54, 1.807) is 27.1 Å². The zero-order valence-electron chi connectivity index (χ0n) is 9.95. The lowest BCUT2D eigenvalue weighted by molar-refractivity contribution is 0.0884. The standard InChI is InChI=1S/C10H17BrN4O/c1-10(2,16)6-15(4)8-7(11)5-13-9(12-3)14-8/h5,16H,6H2,1-4H3,(H,12,13,14). The molecule has 0 unspecified atom stereocenters. The fourth-order valence-electron chi connectivity index (χ4n) is 1.40. The first kappa shape index (κ1) is 13.2. The predicted octanol–water partition coefficient (Wildman–Crippen LogP) is 1.49. The summed E-state index contributed by atoms with van der Waals surface area (Å²) in [6, 6.07) is 0. The molecule has 0 spiro atoms. The predicted molar refractivity (Wildman–Crippen MR) is 68.8 cm³/mol. The van der Waals surface area contributed by atoms with Crippen LogP contribution in [0, 0.1) is 0 Å². The van der Waals surface area contributed by atoms with Crippen molar-refractivity contribution in [3.8, 4) is 0 Å². The minimum atomic E-state index is -0.765. The Morgan fingerprint density at radius 2 is 2.19 bits per heavy atom. The summed E-state index contributed by atoms with van der Waals surface area (Å²) in [6.45, 7) is 4.01. The molecule has 90 valence electrons. The number of aromatic nitrogens is 2. The van der Waals surface area contributed by atoms with Gasteiger partial charge < -0.3 is 15.3 Å². The second-order valence-corrected chi connectivity index (χ2v) is 5.14. The smallest absolute Gasteiger partial charge is 0.224 e. The number of hydrogen-bond acceptors (Lipinski definition) is 5. The van der Waals surface area contributed by atoms with Crippen LogP contribution in [0.4, 0.5) is 11.8 Å². The minimum Gasteiger partial charge on any atom is -0.389 e. The van der Waals surface area contributed by atoms with Crippen molar-refractivity contribution in [1.29, 1.82) is 0 Å². The Hall–Kier alpha value is -0.880. The van der Waals surface area contributed by atoms with Crippen molar-refractivity contribution in [3.63, 3.8) is 0 Å². The number of nitrogens with one attached hydrogen (secondary N) is 1. The summed E-state index contributed by atoms with van der Waals surface area (Å²) < 4.78 is 0.804. The molecule has 0 saturated carbocycles. The number of halogens is 1. The molecule has 1 heterocycles. The molecule has 0 saturated heterocycles. The van der Waals surface area contributed by atoms with Crippen LogP contribution in [0.5, 0.6) is 0 Å². The van der Waals surface area contributed by atoms with Gasteiger partial charge in [0.15, 0.2) is 0 Å². The van der Waals surface area contributed by atoms with E-state index in [1.807, 2.05) is 11.9 Å². The molecular weight excluding hydrogens is 272 g/mol. The van der Waals surface area contributed by atoms with Crippen LogP contribution in [-0.4, -0.2) is 41.3 Å². The molecule has 0 fully saturated rings. The molecular formula is C10H17BrN4O. The topological polar surface area (TPSA) is 61.3 Å². The van der Waals surface area contributed by atoms with Crippen molar-refractivity contribution in [2.75, 3.05) is 30.9 Å². The fourth-order valence-corrected chi connectivity index (χ4v) is 1.90. The summed E-state index contributed by atoms with van der Waals surface area (Å²) in [6.07, 6.45) is 1.69. The minimum absolute atomic E-state index is 0.492. The molecule has 16 heavy (non-hydrogen) atoms. The van der Waals surface area contributed by atoms with Gasteiger partial charge in [0.05, 0.1) is 10.1 Å². The molecule has 6 heteroatoms. The summed E-state index contributed by atoms with van der Waals surface area (Å²) >= 11 is 3.39. The van der Waals surface area contributed by atoms with Crippen LogP contribution < -0.4 is 10.2 Å². The van der Waals surface area contributed by atoms with Gasteiger partial charge in [-0.3, -0.25) is 0 Å². The van der Waals surface area contributed by atoms with Gasteiger partial charge in [-0.1, -0.05) is 0 Å². The quantitative estimate of drug-likeness (QED) is 0.879. The van der Waals surface area contributed by atoms with Crippen LogP contribution in [0.15, 0.2) is 10.7 Å². The molecule has 0 bridgehead atoms. The Bertz CT molecular complexity index is 364. The maximum atomic E-state index is 9.75. The first-order valence-electron chi connectivity index (χ1n) is 4.97. The number of nitrogens with zero attached hydrogens (tertiary/aromatic N) is 3. The molecule has 0 atom stereocenters. The highest BCUT2D eigenvalue weighted by Crippen LogP contribution is 2.24. The van der Waals surface area contributed by atoms with Crippen LogP contribution in [0.25, 0.3) is 0 Å². The monoisotopic (exact) mass is 288 g/mol. The van der Waals surface area contributed by atoms with E-state index in [4.69, 9.17) is 0 Å². The second kappa shape index (κ2) is 4.97. The number of likely N-dealkylation sites (N-methyl/N-ethyl adjacent to an activating group) is 1. The van der Waals surface area contributed by atoms with E-state index in [-0.39, 0.29) is 0 Å². The van der Waals surface area contributed by atoms with Gasteiger partial charge in [0, 0.05) is 26.8 Å². The molecule has 0 aliphatic rings. The molecule has 0 aliphatic carbocycles. The van der Waals surface area contributed by atoms with E-state index in [0.717, 1.165) is 10.3 Å². The van der Waals surface area contributed by atoms with Crippen LogP contribution in [-0.2, 0) is 0 Å². The van der Waals surface area contributed by atoms with Crippen LogP contribution >= 0.6 is 15.9 Å². The molecule has 2 N–H and O–H groups in total. The average molecular weight is 289 g/mol. The van der Waals surface area contributed by atoms with Crippen molar-refractivity contribution in [1.82, 2.24) is 9.97 Å². The average Bonchev–Trinajstić information content (AvgIpc) is 2.15. The maximum Gasteiger partial charge on any atom is 0.224 e. The zero-order valence-corrected chi connectivity index (χ0v) is 11.5. The Labute approximate surface area is 104 Å². The highest BCUT2D eigenvalue weighted by atomic mass is 79.9. The van der Waals surface area contributed by atoms with Crippen LogP contribution in [0.1, 0.15) is 13.8 Å². The molecule has 5 nitrogen and oxygen atoms in total. The summed E-state index contributed by atoms with van der Waals surface area (Å²) in [5, 5.41) is 12.6. The first-order chi connectivity index (χ1) is 7.33. The summed E-state index contributed by atoms with van der Waals surface area (Å²) in [7, 11) is 3.65. The second-order valence-electron chi connectivity index (χ2n) is 4.28. The van der Waals surface area contributed by atoms with E-state index >= 15 is 0 Å². The molecule has 1 aromatic heterocycles. The highest BCUT2D eigenvalue weighted by Gasteiger charge is 2.18. The van der Waals surface area contributed by atoms with Gasteiger partial charge in [-0.05, 0) is 29.8 Å². The maximum absolute atomic E-state index is 9.75. The van der Waals surface area contributed by atoms with Gasteiger partial charge in [0.1, 0.15) is 5.82 Å². The molecule has 0 amide bonds. The van der Waals surface area contributed by atoms with Crippen molar-refractivity contribution >= 4 is 27.7 Å². The molecule has 0 aliphatic heterocycles. The lowest BCUT2D eigenvalue weighted by Gasteiger charge is -2.27. The van der Waals surface area contributed by atoms with Gasteiger partial charge in [-0.2, -0.15) is 4.98 Å². The van der Waals surface area contributed by atoms with Gasteiger partial charge >= 0.3 is 0 Å². The summed E-state index contributed by atoms with van der Waals surface area (Å²) in [5.74, 6) is 1.31. The third-order valence-corrected chi connectivity index (χ3v) is 2.49. The lowest BCUT2D eigenvalue weighted by atomic mass is 10.1. The number of hydrogen-bond donors (Lipinski definition) is 2. The fraction of sp³-hybridized carbons (Fsp3) is 0.600. The summed E-state index contributed by atoms with van der Waals surface area (Å²) in [4.78, 5) is 10.3. The van der Waals surface area contributed by atoms with Gasteiger partial charge in [-0.25, -0.2) is 4.98 Å². The number of rotatable bonds is 4. The number of aliphatic hydroxyl groups is 1. The van der Waals surface area contributed by atoms with Crippen LogP contribution in [0.2, 0.25) is 0 Å². The Balaban J connectivity index is 2.93. The van der Waals surface area contributed by atoms with E-state index in [9.17, 15) is 5.11 Å². The lowest BCUT2D eigenvalue weighted by Crippen LogP contribution is -2.36. The van der Waals surface area contributed by atoms with Crippen molar-refractivity contribution in [2.24, 2.45) is 0 Å². The third-order valence-electron chi connectivity index (χ3n) is 1.93. The SMILES string of the molecule is CNc1ncc(Br)c(N(C)CC(C)(C)O)n1. The molecule has 1 rings (SSSR count). The zero-order chi connectivity index (χ0) is 12.3. The van der Waals surface area contributed by atoms with E-state index < -0.39 is 5.60 Å². The Kier molecular flexibility index (Phi) is 4.09. The van der Waals surface area contributed by atoms with E-state index in [1.165, 1.54) is 0 Å². The van der Waals surface area contributed by atoms with Crippen molar-refractivity contribution in [2.45, 2.75) is 19.4 Å². The van der Waals surface area contributed by atoms with Crippen molar-refractivity contribution in [3.05, 3.63) is 10.7 Å². The normalized spacial score (nSPS) is 11.4. The third kappa shape index (κ3) is 3.61. The largest absolute Gasteiger partial charge is 0.389 e. The first-order valence-corrected chi connectivity index (χ1v) is 5.76. The number of anilines is 2. The Morgan fingerprint density at radius 1 is 1.56 bits per heavy atom. The van der Waals surface area contributed by atoms with Crippen LogP contribution in [0.3, 0.4) is 0 Å². The van der Waals surface area contributed by atoms with E-state index in [0.29, 0.717) is 12.5 Å².